The number of benzene rings is 1. The molecule has 0 atom stereocenters. The number of aryl methyl sites for hydroxylation is 1. The molecule has 100 valence electrons. The van der Waals surface area contributed by atoms with Gasteiger partial charge in [0.1, 0.15) is 12.4 Å². The van der Waals surface area contributed by atoms with Gasteiger partial charge in [-0.3, -0.25) is 4.79 Å². The van der Waals surface area contributed by atoms with E-state index < -0.39 is 0 Å². The average Bonchev–Trinajstić information content (AvgIpc) is 2.43. The summed E-state index contributed by atoms with van der Waals surface area (Å²) in [7, 11) is 0. The molecule has 0 aliphatic rings. The number of hydrogen-bond donors (Lipinski definition) is 1. The van der Waals surface area contributed by atoms with Gasteiger partial charge in [0.15, 0.2) is 0 Å². The molecule has 0 saturated carbocycles. The highest BCUT2D eigenvalue weighted by atomic mass is 16.5. The normalized spacial score (nSPS) is 10.4. The molecule has 0 aliphatic carbocycles. The first-order valence-corrected chi connectivity index (χ1v) is 6.15. The lowest BCUT2D eigenvalue weighted by Gasteiger charge is -2.08. The fourth-order valence-corrected chi connectivity index (χ4v) is 1.72. The molecule has 0 unspecified atom stereocenters. The van der Waals surface area contributed by atoms with E-state index in [0.29, 0.717) is 19.7 Å². The molecule has 0 aliphatic heterocycles. The highest BCUT2D eigenvalue weighted by Crippen LogP contribution is 2.12. The number of hydrogen-bond acceptors (Lipinski definition) is 4. The highest BCUT2D eigenvalue weighted by Gasteiger charge is 1.99. The van der Waals surface area contributed by atoms with Crippen molar-refractivity contribution in [1.29, 1.82) is 0 Å². The van der Waals surface area contributed by atoms with Gasteiger partial charge in [0.25, 0.3) is 5.56 Å². The molecule has 0 radical (unpaired) electrons. The summed E-state index contributed by atoms with van der Waals surface area (Å²) >= 11 is 0. The molecule has 0 saturated heterocycles. The Balaban J connectivity index is 1.96. The fraction of sp³-hybridized carbons (Fsp3) is 0.286. The second-order valence-corrected chi connectivity index (χ2v) is 4.24. The summed E-state index contributed by atoms with van der Waals surface area (Å²) in [5.41, 5.74) is 7.27. The second kappa shape index (κ2) is 6.15. The van der Waals surface area contributed by atoms with Crippen LogP contribution in [0.25, 0.3) is 0 Å². The third-order valence-electron chi connectivity index (χ3n) is 2.71. The van der Waals surface area contributed by atoms with E-state index in [1.165, 1.54) is 10.7 Å². The van der Waals surface area contributed by atoms with Gasteiger partial charge in [-0.15, -0.1) is 0 Å². The molecule has 2 aromatic rings. The zero-order valence-electron chi connectivity index (χ0n) is 10.9. The molecule has 1 aromatic carbocycles. The van der Waals surface area contributed by atoms with Crippen LogP contribution in [0.2, 0.25) is 0 Å². The van der Waals surface area contributed by atoms with Crippen LogP contribution in [0.4, 0.5) is 0 Å². The van der Waals surface area contributed by atoms with Crippen LogP contribution in [-0.2, 0) is 13.1 Å². The van der Waals surface area contributed by atoms with Crippen LogP contribution < -0.4 is 16.0 Å². The van der Waals surface area contributed by atoms with Crippen molar-refractivity contribution < 1.29 is 4.74 Å². The van der Waals surface area contributed by atoms with Gasteiger partial charge in [-0.2, -0.15) is 5.10 Å². The summed E-state index contributed by atoms with van der Waals surface area (Å²) in [5, 5.41) is 4.14. The van der Waals surface area contributed by atoms with Crippen molar-refractivity contribution in [3.8, 4) is 5.75 Å². The second-order valence-electron chi connectivity index (χ2n) is 4.24. The van der Waals surface area contributed by atoms with E-state index in [1.54, 1.807) is 6.07 Å². The van der Waals surface area contributed by atoms with Gasteiger partial charge >= 0.3 is 0 Å². The van der Waals surface area contributed by atoms with Crippen molar-refractivity contribution in [2.24, 2.45) is 5.73 Å². The molecular formula is C14H17N3O2. The van der Waals surface area contributed by atoms with Crippen LogP contribution >= 0.6 is 0 Å². The van der Waals surface area contributed by atoms with E-state index in [0.717, 1.165) is 17.0 Å². The lowest BCUT2D eigenvalue weighted by atomic mass is 10.2. The minimum Gasteiger partial charge on any atom is -0.492 e. The topological polar surface area (TPSA) is 70.1 Å². The Morgan fingerprint density at radius 1 is 1.32 bits per heavy atom. The number of nitrogens with zero attached hydrogens (tertiary/aromatic N) is 2. The quantitative estimate of drug-likeness (QED) is 0.872. The molecule has 0 bridgehead atoms. The molecule has 5 nitrogen and oxygen atoms in total. The van der Waals surface area contributed by atoms with E-state index in [1.807, 2.05) is 31.2 Å². The van der Waals surface area contributed by atoms with Gasteiger partial charge in [0.05, 0.1) is 12.2 Å². The smallest absolute Gasteiger partial charge is 0.266 e. The monoisotopic (exact) mass is 259 g/mol. The SMILES string of the molecule is Cc1ccc(=O)n(CCOc2cccc(CN)c2)n1. The number of nitrogens with two attached hydrogens (primary N) is 1. The molecule has 0 amide bonds. The van der Waals surface area contributed by atoms with E-state index in [2.05, 4.69) is 5.10 Å². The number of ether oxygens (including phenoxy) is 1. The van der Waals surface area contributed by atoms with Gasteiger partial charge in [-0.1, -0.05) is 12.1 Å². The minimum atomic E-state index is -0.120. The Hall–Kier alpha value is -2.14. The maximum Gasteiger partial charge on any atom is 0.266 e. The highest BCUT2D eigenvalue weighted by molar-refractivity contribution is 5.28. The Kier molecular flexibility index (Phi) is 4.30. The molecule has 19 heavy (non-hydrogen) atoms. The van der Waals surface area contributed by atoms with Crippen LogP contribution in [0.1, 0.15) is 11.3 Å². The summed E-state index contributed by atoms with van der Waals surface area (Å²) in [6, 6.07) is 10.8. The summed E-state index contributed by atoms with van der Waals surface area (Å²) in [6.45, 7) is 3.15. The lowest BCUT2D eigenvalue weighted by molar-refractivity contribution is 0.287. The van der Waals surface area contributed by atoms with Gasteiger partial charge in [0.2, 0.25) is 0 Å². The largest absolute Gasteiger partial charge is 0.492 e. The summed E-state index contributed by atoms with van der Waals surface area (Å²) < 4.78 is 7.00. The van der Waals surface area contributed by atoms with Crippen LogP contribution in [0.3, 0.4) is 0 Å². The molecule has 5 heteroatoms. The third kappa shape index (κ3) is 3.66. The van der Waals surface area contributed by atoms with Crippen molar-refractivity contribution >= 4 is 0 Å². The first kappa shape index (κ1) is 13.3. The lowest BCUT2D eigenvalue weighted by Crippen LogP contribution is -2.25. The van der Waals surface area contributed by atoms with E-state index in [4.69, 9.17) is 10.5 Å². The summed E-state index contributed by atoms with van der Waals surface area (Å²) in [5.74, 6) is 0.753. The van der Waals surface area contributed by atoms with E-state index in [9.17, 15) is 4.79 Å². The van der Waals surface area contributed by atoms with Crippen molar-refractivity contribution in [2.45, 2.75) is 20.0 Å². The van der Waals surface area contributed by atoms with Crippen molar-refractivity contribution in [2.75, 3.05) is 6.61 Å². The fourth-order valence-electron chi connectivity index (χ4n) is 1.72. The van der Waals surface area contributed by atoms with Gasteiger partial charge in [-0.25, -0.2) is 4.68 Å². The van der Waals surface area contributed by atoms with Gasteiger partial charge in [0, 0.05) is 12.6 Å². The maximum absolute atomic E-state index is 11.5. The third-order valence-corrected chi connectivity index (χ3v) is 2.71. The first-order valence-electron chi connectivity index (χ1n) is 6.15. The summed E-state index contributed by atoms with van der Waals surface area (Å²) in [6.07, 6.45) is 0. The molecule has 1 heterocycles. The van der Waals surface area contributed by atoms with Crippen molar-refractivity contribution in [3.63, 3.8) is 0 Å². The molecule has 2 rings (SSSR count). The maximum atomic E-state index is 11.5. The van der Waals surface area contributed by atoms with Gasteiger partial charge in [-0.05, 0) is 30.7 Å². The zero-order valence-corrected chi connectivity index (χ0v) is 10.9. The Morgan fingerprint density at radius 2 is 2.16 bits per heavy atom. The van der Waals surface area contributed by atoms with E-state index >= 15 is 0 Å². The first-order chi connectivity index (χ1) is 9.19. The predicted octanol–water partition coefficient (Wildman–Crippen LogP) is 1.09. The molecule has 0 fully saturated rings. The van der Waals surface area contributed by atoms with Crippen LogP contribution in [0, 0.1) is 6.92 Å². The van der Waals surface area contributed by atoms with Crippen molar-refractivity contribution in [1.82, 2.24) is 9.78 Å². The van der Waals surface area contributed by atoms with Crippen LogP contribution in [-0.4, -0.2) is 16.4 Å². The average molecular weight is 259 g/mol. The molecule has 1 aromatic heterocycles. The molecular weight excluding hydrogens is 242 g/mol. The Morgan fingerprint density at radius 3 is 2.95 bits per heavy atom. The van der Waals surface area contributed by atoms with E-state index in [-0.39, 0.29) is 5.56 Å². The molecule has 2 N–H and O–H groups in total. The van der Waals surface area contributed by atoms with Crippen LogP contribution in [0.5, 0.6) is 5.75 Å². The van der Waals surface area contributed by atoms with Crippen molar-refractivity contribution in [3.05, 3.63) is 58.0 Å². The molecule has 0 spiro atoms. The standard InChI is InChI=1S/C14H17N3O2/c1-11-5-6-14(18)17(16-11)7-8-19-13-4-2-3-12(9-13)10-15/h2-6,9H,7-8,10,15H2,1H3. The zero-order chi connectivity index (χ0) is 13.7. The number of rotatable bonds is 5. The predicted molar refractivity (Wildman–Crippen MR) is 73.1 cm³/mol. The Labute approximate surface area is 111 Å². The summed E-state index contributed by atoms with van der Waals surface area (Å²) in [4.78, 5) is 11.5. The minimum absolute atomic E-state index is 0.120. The van der Waals surface area contributed by atoms with Gasteiger partial charge < -0.3 is 10.5 Å². The number of aromatic nitrogens is 2. The Bertz CT molecular complexity index is 608. The van der Waals surface area contributed by atoms with Crippen LogP contribution in [0.15, 0.2) is 41.2 Å².